The van der Waals surface area contributed by atoms with Gasteiger partial charge in [0.2, 0.25) is 5.95 Å². The van der Waals surface area contributed by atoms with Gasteiger partial charge in [-0.2, -0.15) is 10.1 Å². The van der Waals surface area contributed by atoms with Crippen molar-refractivity contribution >= 4 is 11.8 Å². The van der Waals surface area contributed by atoms with Crippen molar-refractivity contribution in [3.63, 3.8) is 0 Å². The van der Waals surface area contributed by atoms with Crippen molar-refractivity contribution in [3.05, 3.63) is 36.0 Å². The maximum atomic E-state index is 5.34. The summed E-state index contributed by atoms with van der Waals surface area (Å²) in [5.41, 5.74) is 1.14. The number of hydrogen-bond acceptors (Lipinski definition) is 7. The first-order chi connectivity index (χ1) is 11.3. The molecule has 1 aromatic heterocycles. The molecule has 2 rings (SSSR count). The van der Waals surface area contributed by atoms with Crippen LogP contribution in [0.5, 0.6) is 5.75 Å². The molecule has 0 spiro atoms. The van der Waals surface area contributed by atoms with Gasteiger partial charge >= 0.3 is 0 Å². The van der Waals surface area contributed by atoms with E-state index in [4.69, 9.17) is 9.47 Å². The van der Waals surface area contributed by atoms with Crippen LogP contribution in [-0.4, -0.2) is 49.1 Å². The summed E-state index contributed by atoms with van der Waals surface area (Å²) >= 11 is 0. The average Bonchev–Trinajstić information content (AvgIpc) is 2.60. The van der Waals surface area contributed by atoms with Crippen LogP contribution in [0, 0.1) is 0 Å². The summed E-state index contributed by atoms with van der Waals surface area (Å²) < 4.78 is 10.3. The van der Waals surface area contributed by atoms with E-state index in [0.717, 1.165) is 37.3 Å². The maximum Gasteiger partial charge on any atom is 0.244 e. The van der Waals surface area contributed by atoms with Crippen LogP contribution in [0.1, 0.15) is 12.0 Å². The van der Waals surface area contributed by atoms with Crippen molar-refractivity contribution in [2.45, 2.75) is 12.8 Å². The zero-order valence-electron chi connectivity index (χ0n) is 13.6. The molecule has 23 heavy (non-hydrogen) atoms. The molecule has 1 heterocycles. The van der Waals surface area contributed by atoms with Crippen LogP contribution in [0.4, 0.5) is 11.8 Å². The van der Waals surface area contributed by atoms with E-state index in [0.29, 0.717) is 18.3 Å². The lowest BCUT2D eigenvalue weighted by Crippen LogP contribution is -2.12. The van der Waals surface area contributed by atoms with Crippen LogP contribution in [-0.2, 0) is 11.2 Å². The maximum absolute atomic E-state index is 5.34. The molecule has 0 fully saturated rings. The Hall–Kier alpha value is -2.41. The minimum atomic E-state index is 0.511. The first kappa shape index (κ1) is 17.0. The van der Waals surface area contributed by atoms with Crippen molar-refractivity contribution in [3.8, 4) is 5.75 Å². The largest absolute Gasteiger partial charge is 0.496 e. The summed E-state index contributed by atoms with van der Waals surface area (Å²) in [5.74, 6) is 2.11. The van der Waals surface area contributed by atoms with Gasteiger partial charge in [0.1, 0.15) is 5.75 Å². The third-order valence-corrected chi connectivity index (χ3v) is 3.26. The van der Waals surface area contributed by atoms with Crippen LogP contribution in [0.3, 0.4) is 0 Å². The van der Waals surface area contributed by atoms with Gasteiger partial charge in [-0.3, -0.25) is 0 Å². The molecule has 0 unspecified atom stereocenters. The second-order valence-corrected chi connectivity index (χ2v) is 4.93. The van der Waals surface area contributed by atoms with Crippen molar-refractivity contribution in [2.75, 3.05) is 44.5 Å². The Balaban J connectivity index is 1.81. The molecule has 2 aromatic rings. The van der Waals surface area contributed by atoms with Crippen LogP contribution in [0.15, 0.2) is 30.5 Å². The van der Waals surface area contributed by atoms with Gasteiger partial charge in [-0.05, 0) is 24.5 Å². The van der Waals surface area contributed by atoms with E-state index in [9.17, 15) is 0 Å². The van der Waals surface area contributed by atoms with Gasteiger partial charge in [-0.15, -0.1) is 5.10 Å². The highest BCUT2D eigenvalue weighted by Gasteiger charge is 2.03. The number of benzene rings is 1. The highest BCUT2D eigenvalue weighted by atomic mass is 16.5. The summed E-state index contributed by atoms with van der Waals surface area (Å²) in [6, 6.07) is 7.97. The lowest BCUT2D eigenvalue weighted by Gasteiger charge is -2.09. The van der Waals surface area contributed by atoms with Gasteiger partial charge in [0.05, 0.1) is 13.3 Å². The SMILES string of the molecule is COCCCNc1cnnc(NCCc2ccccc2OC)n1. The molecule has 7 nitrogen and oxygen atoms in total. The van der Waals surface area contributed by atoms with E-state index in [1.165, 1.54) is 0 Å². The summed E-state index contributed by atoms with van der Waals surface area (Å²) in [6.45, 7) is 2.21. The van der Waals surface area contributed by atoms with Gasteiger partial charge < -0.3 is 20.1 Å². The second kappa shape index (κ2) is 9.58. The molecule has 0 atom stereocenters. The summed E-state index contributed by atoms with van der Waals surface area (Å²) in [6.07, 6.45) is 3.34. The highest BCUT2D eigenvalue weighted by Crippen LogP contribution is 2.17. The smallest absolute Gasteiger partial charge is 0.244 e. The number of rotatable bonds is 10. The fraction of sp³-hybridized carbons (Fsp3) is 0.438. The Bertz CT molecular complexity index is 594. The standard InChI is InChI=1S/C16H23N5O2/c1-22-11-5-9-17-15-12-19-21-16(20-15)18-10-8-13-6-3-4-7-14(13)23-2/h3-4,6-7,12H,5,8-11H2,1-2H3,(H2,17,18,20,21). The van der Waals surface area contributed by atoms with E-state index in [-0.39, 0.29) is 0 Å². The summed E-state index contributed by atoms with van der Waals surface area (Å²) in [7, 11) is 3.37. The number of aromatic nitrogens is 3. The third kappa shape index (κ3) is 5.71. The Kier molecular flexibility index (Phi) is 7.06. The molecule has 0 aliphatic rings. The van der Waals surface area contributed by atoms with Gasteiger partial charge in [0, 0.05) is 26.8 Å². The van der Waals surface area contributed by atoms with Gasteiger partial charge in [-0.25, -0.2) is 0 Å². The number of hydrogen-bond donors (Lipinski definition) is 2. The Morgan fingerprint density at radius 1 is 1.09 bits per heavy atom. The van der Waals surface area contributed by atoms with Crippen molar-refractivity contribution in [1.29, 1.82) is 0 Å². The Morgan fingerprint density at radius 2 is 1.96 bits per heavy atom. The van der Waals surface area contributed by atoms with Crippen molar-refractivity contribution in [2.24, 2.45) is 0 Å². The number of para-hydroxylation sites is 1. The van der Waals surface area contributed by atoms with Crippen LogP contribution >= 0.6 is 0 Å². The predicted octanol–water partition coefficient (Wildman–Crippen LogP) is 1.98. The zero-order chi connectivity index (χ0) is 16.3. The van der Waals surface area contributed by atoms with Crippen molar-refractivity contribution in [1.82, 2.24) is 15.2 Å². The number of methoxy groups -OCH3 is 2. The van der Waals surface area contributed by atoms with Crippen LogP contribution in [0.2, 0.25) is 0 Å². The lowest BCUT2D eigenvalue weighted by molar-refractivity contribution is 0.197. The Morgan fingerprint density at radius 3 is 2.78 bits per heavy atom. The summed E-state index contributed by atoms with van der Waals surface area (Å²) in [4.78, 5) is 4.38. The fourth-order valence-corrected chi connectivity index (χ4v) is 2.12. The molecular formula is C16H23N5O2. The minimum Gasteiger partial charge on any atom is -0.496 e. The summed E-state index contributed by atoms with van der Waals surface area (Å²) in [5, 5.41) is 14.3. The third-order valence-electron chi connectivity index (χ3n) is 3.26. The van der Waals surface area contributed by atoms with Gasteiger partial charge in [0.25, 0.3) is 0 Å². The van der Waals surface area contributed by atoms with E-state index >= 15 is 0 Å². The fourth-order valence-electron chi connectivity index (χ4n) is 2.12. The average molecular weight is 317 g/mol. The van der Waals surface area contributed by atoms with E-state index in [1.54, 1.807) is 20.4 Å². The molecule has 1 aromatic carbocycles. The van der Waals surface area contributed by atoms with Crippen LogP contribution < -0.4 is 15.4 Å². The van der Waals surface area contributed by atoms with E-state index in [1.807, 2.05) is 24.3 Å². The first-order valence-electron chi connectivity index (χ1n) is 7.62. The van der Waals surface area contributed by atoms with Crippen molar-refractivity contribution < 1.29 is 9.47 Å². The zero-order valence-corrected chi connectivity index (χ0v) is 13.6. The van der Waals surface area contributed by atoms with E-state index < -0.39 is 0 Å². The lowest BCUT2D eigenvalue weighted by atomic mass is 10.1. The van der Waals surface area contributed by atoms with Gasteiger partial charge in [0.15, 0.2) is 5.82 Å². The minimum absolute atomic E-state index is 0.511. The quantitative estimate of drug-likeness (QED) is 0.648. The molecule has 2 N–H and O–H groups in total. The molecule has 0 saturated carbocycles. The monoisotopic (exact) mass is 317 g/mol. The predicted molar refractivity (Wildman–Crippen MR) is 90.0 cm³/mol. The molecule has 0 aliphatic carbocycles. The normalized spacial score (nSPS) is 10.3. The molecule has 7 heteroatoms. The number of anilines is 2. The first-order valence-corrected chi connectivity index (χ1v) is 7.62. The molecule has 0 bridgehead atoms. The molecule has 0 amide bonds. The second-order valence-electron chi connectivity index (χ2n) is 4.93. The highest BCUT2D eigenvalue weighted by molar-refractivity contribution is 5.38. The van der Waals surface area contributed by atoms with Crippen LogP contribution in [0.25, 0.3) is 0 Å². The number of ether oxygens (including phenoxy) is 2. The van der Waals surface area contributed by atoms with Gasteiger partial charge in [-0.1, -0.05) is 18.2 Å². The molecule has 0 saturated heterocycles. The molecule has 0 radical (unpaired) electrons. The molecule has 0 aliphatic heterocycles. The topological polar surface area (TPSA) is 81.2 Å². The molecular weight excluding hydrogens is 294 g/mol. The number of nitrogens with one attached hydrogen (secondary N) is 2. The Labute approximate surface area is 136 Å². The van der Waals surface area contributed by atoms with E-state index in [2.05, 4.69) is 25.8 Å². The molecule has 124 valence electrons. The number of nitrogens with zero attached hydrogens (tertiary/aromatic N) is 3.